The Hall–Kier alpha value is -4.38. The number of hydrogen-bond acceptors (Lipinski definition) is 12. The van der Waals surface area contributed by atoms with Gasteiger partial charge in [0.05, 0.1) is 37.0 Å². The molecule has 1 amide bonds. The second-order valence-corrected chi connectivity index (χ2v) is 9.23. The Bertz CT molecular complexity index is 1500. The van der Waals surface area contributed by atoms with E-state index in [-0.39, 0.29) is 58.4 Å². The van der Waals surface area contributed by atoms with Crippen LogP contribution in [0.1, 0.15) is 49.7 Å². The van der Waals surface area contributed by atoms with Gasteiger partial charge >= 0.3 is 5.97 Å². The average Bonchev–Trinajstić information content (AvgIpc) is 3.66. The van der Waals surface area contributed by atoms with E-state index >= 15 is 0 Å². The van der Waals surface area contributed by atoms with E-state index in [1.165, 1.54) is 34.0 Å². The number of rotatable bonds is 11. The van der Waals surface area contributed by atoms with Crippen molar-refractivity contribution in [3.63, 3.8) is 0 Å². The number of fused-ring (bicyclic) bond motifs is 1. The average molecular weight is 573 g/mol. The van der Waals surface area contributed by atoms with E-state index < -0.39 is 43.0 Å². The fourth-order valence-electron chi connectivity index (χ4n) is 4.32. The zero-order chi connectivity index (χ0) is 29.8. The van der Waals surface area contributed by atoms with E-state index in [0.29, 0.717) is 6.42 Å². The largest absolute Gasteiger partial charge is 0.511 e. The van der Waals surface area contributed by atoms with Gasteiger partial charge in [0.25, 0.3) is 5.91 Å². The maximum Gasteiger partial charge on any atom is 0.341 e. The van der Waals surface area contributed by atoms with Crippen LogP contribution in [-0.2, 0) is 14.3 Å². The van der Waals surface area contributed by atoms with E-state index in [2.05, 4.69) is 20.1 Å². The van der Waals surface area contributed by atoms with Crippen LogP contribution in [0.25, 0.3) is 17.0 Å². The number of imidazole rings is 1. The molecular formula is C25H32N8O8. The number of aromatic nitrogens is 5. The number of carbonyl (C=O) groups excluding carboxylic acids is 2. The standard InChI is InChI=1S/C25H32N8O8/c1-3-5-6-14(35)17(22(27)38)21(26)30-13-7-16(33-9-12(8-29-33)25(39)40-4-2)31-23-18(13)28-11-32(23)24-20(37)19(36)15(10-34)41-24/h7-9,11,15,19-20,24,34-37H,3-6,10H2,1-2H3,(H2,27,38)(H2,26,30,31)/t15-,19-,20-,24-/m1/s1. The molecule has 4 rings (SSSR count). The van der Waals surface area contributed by atoms with E-state index in [4.69, 9.17) is 20.9 Å². The molecule has 0 radical (unpaired) electrons. The number of aliphatic imine (C=N–C) groups is 1. The van der Waals surface area contributed by atoms with E-state index in [9.17, 15) is 30.0 Å². The number of aliphatic hydroxyl groups excluding tert-OH is 4. The number of carbonyl (C=O) groups is 2. The van der Waals surface area contributed by atoms with Crippen LogP contribution in [-0.4, -0.2) is 94.0 Å². The zero-order valence-corrected chi connectivity index (χ0v) is 22.4. The number of nitrogens with two attached hydrogens (primary N) is 2. The summed E-state index contributed by atoms with van der Waals surface area (Å²) in [6, 6.07) is 1.42. The summed E-state index contributed by atoms with van der Waals surface area (Å²) >= 11 is 0. The van der Waals surface area contributed by atoms with Gasteiger partial charge in [-0.05, 0) is 13.3 Å². The SMILES string of the molecule is CCCCC(O)=C(C(N)=O)C(N)=Nc1cc(-n2cc(C(=O)OCC)cn2)nc2c1ncn2[C@@H]1O[C@H](CO)[C@@H](O)[C@H]1O. The molecule has 1 aliphatic rings. The number of nitrogens with zero attached hydrogens (tertiary/aromatic N) is 6. The molecule has 3 aromatic heterocycles. The maximum atomic E-state index is 12.2. The quantitative estimate of drug-likeness (QED) is 0.0579. The molecule has 0 aliphatic carbocycles. The molecule has 0 unspecified atom stereocenters. The summed E-state index contributed by atoms with van der Waals surface area (Å²) in [7, 11) is 0. The van der Waals surface area contributed by atoms with Gasteiger partial charge in [0.1, 0.15) is 41.0 Å². The minimum atomic E-state index is -1.44. The monoisotopic (exact) mass is 572 g/mol. The second kappa shape index (κ2) is 12.4. The molecule has 4 atom stereocenters. The van der Waals surface area contributed by atoms with Crippen LogP contribution in [0.5, 0.6) is 0 Å². The Morgan fingerprint density at radius 1 is 1.22 bits per heavy atom. The molecule has 1 saturated heterocycles. The summed E-state index contributed by atoms with van der Waals surface area (Å²) in [5.74, 6) is -2.15. The molecule has 41 heavy (non-hydrogen) atoms. The van der Waals surface area contributed by atoms with Gasteiger partial charge in [-0.1, -0.05) is 13.3 Å². The lowest BCUT2D eigenvalue weighted by Crippen LogP contribution is -2.33. The van der Waals surface area contributed by atoms with Gasteiger partial charge in [-0.15, -0.1) is 0 Å². The highest BCUT2D eigenvalue weighted by Gasteiger charge is 2.44. The minimum absolute atomic E-state index is 0.0724. The number of pyridine rings is 1. The predicted molar refractivity (Wildman–Crippen MR) is 143 cm³/mol. The van der Waals surface area contributed by atoms with Crippen LogP contribution in [0.2, 0.25) is 0 Å². The van der Waals surface area contributed by atoms with Crippen molar-refractivity contribution in [1.82, 2.24) is 24.3 Å². The smallest absolute Gasteiger partial charge is 0.341 e. The Balaban J connectivity index is 1.89. The van der Waals surface area contributed by atoms with Gasteiger partial charge in [-0.2, -0.15) is 5.10 Å². The summed E-state index contributed by atoms with van der Waals surface area (Å²) in [6.45, 7) is 3.20. The fraction of sp³-hybridized carbons (Fsp3) is 0.440. The third-order valence-corrected chi connectivity index (χ3v) is 6.42. The number of amidine groups is 1. The van der Waals surface area contributed by atoms with Gasteiger partial charge in [-0.25, -0.2) is 24.4 Å². The van der Waals surface area contributed by atoms with Gasteiger partial charge in [0.2, 0.25) is 0 Å². The number of unbranched alkanes of at least 4 members (excludes halogenated alkanes) is 1. The lowest BCUT2D eigenvalue weighted by Gasteiger charge is -2.17. The molecule has 220 valence electrons. The molecule has 0 spiro atoms. The molecule has 16 nitrogen and oxygen atoms in total. The third-order valence-electron chi connectivity index (χ3n) is 6.42. The topological polar surface area (TPSA) is 246 Å². The number of allylic oxidation sites excluding steroid dienone is 1. The Labute approximate surface area is 233 Å². The molecule has 1 aliphatic heterocycles. The summed E-state index contributed by atoms with van der Waals surface area (Å²) in [5, 5.41) is 45.1. The fourth-order valence-corrected chi connectivity index (χ4v) is 4.32. The van der Waals surface area contributed by atoms with E-state index in [0.717, 1.165) is 6.42 Å². The molecule has 3 aromatic rings. The van der Waals surface area contributed by atoms with Gasteiger partial charge in [-0.3, -0.25) is 9.36 Å². The highest BCUT2D eigenvalue weighted by Crippen LogP contribution is 2.34. The minimum Gasteiger partial charge on any atom is -0.511 e. The van der Waals surface area contributed by atoms with Crippen molar-refractivity contribution in [3.05, 3.63) is 41.7 Å². The van der Waals surface area contributed by atoms with Crippen LogP contribution in [0, 0.1) is 0 Å². The first kappa shape index (κ1) is 29.6. The number of aliphatic hydroxyl groups is 4. The van der Waals surface area contributed by atoms with E-state index in [1.807, 2.05) is 6.92 Å². The third kappa shape index (κ3) is 5.90. The van der Waals surface area contributed by atoms with Crippen LogP contribution in [0.3, 0.4) is 0 Å². The van der Waals surface area contributed by atoms with Gasteiger partial charge < -0.3 is 41.4 Å². The lowest BCUT2D eigenvalue weighted by atomic mass is 10.1. The highest BCUT2D eigenvalue weighted by atomic mass is 16.6. The molecule has 8 N–H and O–H groups in total. The van der Waals surface area contributed by atoms with Crippen LogP contribution in [0.4, 0.5) is 5.69 Å². The van der Waals surface area contributed by atoms with Crippen molar-refractivity contribution in [2.75, 3.05) is 13.2 Å². The lowest BCUT2D eigenvalue weighted by molar-refractivity contribution is -0.114. The van der Waals surface area contributed by atoms with Crippen LogP contribution < -0.4 is 11.5 Å². The van der Waals surface area contributed by atoms with Crippen molar-refractivity contribution < 1.29 is 39.5 Å². The summed E-state index contributed by atoms with van der Waals surface area (Å²) in [4.78, 5) is 37.6. The maximum absolute atomic E-state index is 12.2. The first-order chi connectivity index (χ1) is 19.6. The normalized spacial score (nSPS) is 21.7. The van der Waals surface area contributed by atoms with Crippen molar-refractivity contribution in [2.45, 2.75) is 57.6 Å². The number of ether oxygens (including phenoxy) is 2. The number of primary amides is 1. The highest BCUT2D eigenvalue weighted by molar-refractivity contribution is 6.20. The van der Waals surface area contributed by atoms with Crippen molar-refractivity contribution >= 4 is 34.6 Å². The summed E-state index contributed by atoms with van der Waals surface area (Å²) in [5.41, 5.74) is 11.8. The summed E-state index contributed by atoms with van der Waals surface area (Å²) < 4.78 is 13.2. The summed E-state index contributed by atoms with van der Waals surface area (Å²) in [6.07, 6.45) is 0.366. The van der Waals surface area contributed by atoms with Crippen molar-refractivity contribution in [2.24, 2.45) is 16.5 Å². The first-order valence-corrected chi connectivity index (χ1v) is 12.9. The van der Waals surface area contributed by atoms with Gasteiger partial charge in [0, 0.05) is 18.7 Å². The van der Waals surface area contributed by atoms with Crippen molar-refractivity contribution in [3.8, 4) is 5.82 Å². The first-order valence-electron chi connectivity index (χ1n) is 12.9. The Morgan fingerprint density at radius 3 is 2.61 bits per heavy atom. The van der Waals surface area contributed by atoms with Crippen molar-refractivity contribution in [1.29, 1.82) is 0 Å². The molecule has 0 aromatic carbocycles. The molecule has 0 saturated carbocycles. The van der Waals surface area contributed by atoms with Crippen LogP contribution in [0.15, 0.2) is 41.1 Å². The Kier molecular flexibility index (Phi) is 8.97. The van der Waals surface area contributed by atoms with Crippen LogP contribution >= 0.6 is 0 Å². The molecule has 4 heterocycles. The second-order valence-electron chi connectivity index (χ2n) is 9.23. The Morgan fingerprint density at radius 2 is 1.98 bits per heavy atom. The predicted octanol–water partition coefficient (Wildman–Crippen LogP) is -0.118. The van der Waals surface area contributed by atoms with E-state index in [1.54, 1.807) is 6.92 Å². The molecule has 1 fully saturated rings. The molecule has 0 bridgehead atoms. The zero-order valence-electron chi connectivity index (χ0n) is 22.4. The number of hydrogen-bond donors (Lipinski definition) is 6. The van der Waals surface area contributed by atoms with Gasteiger partial charge in [0.15, 0.2) is 17.7 Å². The molecular weight excluding hydrogens is 540 g/mol. The number of amides is 1. The molecule has 16 heteroatoms. The number of esters is 1.